The Balaban J connectivity index is 1.77. The fourth-order valence-electron chi connectivity index (χ4n) is 3.08. The van der Waals surface area contributed by atoms with E-state index < -0.39 is 15.8 Å². The fraction of sp³-hybridized carbons (Fsp3) is 0.208. The van der Waals surface area contributed by atoms with Gasteiger partial charge in [0.1, 0.15) is 11.6 Å². The minimum absolute atomic E-state index is 0.0291. The predicted molar refractivity (Wildman–Crippen MR) is 124 cm³/mol. The van der Waals surface area contributed by atoms with Crippen molar-refractivity contribution in [2.75, 3.05) is 15.9 Å². The molecule has 0 unspecified atom stereocenters. The summed E-state index contributed by atoms with van der Waals surface area (Å²) in [6.45, 7) is 3.74. The third-order valence-electron chi connectivity index (χ3n) is 4.56. The summed E-state index contributed by atoms with van der Waals surface area (Å²) in [6, 6.07) is 19.3. The first-order valence-corrected chi connectivity index (χ1v) is 11.9. The van der Waals surface area contributed by atoms with E-state index in [9.17, 15) is 17.6 Å². The Morgan fingerprint density at radius 1 is 1.00 bits per heavy atom. The van der Waals surface area contributed by atoms with Crippen LogP contribution in [0.4, 0.5) is 15.8 Å². The van der Waals surface area contributed by atoms with Gasteiger partial charge in [0, 0.05) is 5.56 Å². The topological polar surface area (TPSA) is 75.7 Å². The molecule has 0 heterocycles. The van der Waals surface area contributed by atoms with Crippen molar-refractivity contribution in [2.24, 2.45) is 0 Å². The fourth-order valence-corrected chi connectivity index (χ4v) is 3.97. The van der Waals surface area contributed by atoms with Crippen molar-refractivity contribution in [1.29, 1.82) is 0 Å². The molecule has 3 aromatic carbocycles. The van der Waals surface area contributed by atoms with Crippen LogP contribution < -0.4 is 14.4 Å². The van der Waals surface area contributed by atoms with Gasteiger partial charge in [-0.3, -0.25) is 9.10 Å². The Hall–Kier alpha value is -3.39. The molecule has 32 heavy (non-hydrogen) atoms. The van der Waals surface area contributed by atoms with E-state index in [-0.39, 0.29) is 24.2 Å². The zero-order valence-corrected chi connectivity index (χ0v) is 18.9. The molecule has 0 aliphatic rings. The first-order chi connectivity index (χ1) is 15.1. The maximum atomic E-state index is 14.2. The zero-order chi connectivity index (χ0) is 23.3. The quantitative estimate of drug-likeness (QED) is 0.527. The van der Waals surface area contributed by atoms with E-state index in [0.29, 0.717) is 22.6 Å². The molecule has 0 atom stereocenters. The van der Waals surface area contributed by atoms with Crippen LogP contribution in [0.5, 0.6) is 5.75 Å². The second-order valence-corrected chi connectivity index (χ2v) is 9.44. The first kappa shape index (κ1) is 23.3. The molecule has 0 aliphatic heterocycles. The highest BCUT2D eigenvalue weighted by Crippen LogP contribution is 2.26. The number of nitrogens with zero attached hydrogens (tertiary/aromatic N) is 1. The van der Waals surface area contributed by atoms with Crippen LogP contribution in [-0.4, -0.2) is 26.7 Å². The number of para-hydroxylation sites is 3. The third kappa shape index (κ3) is 5.85. The smallest absolute Gasteiger partial charge is 0.255 e. The Morgan fingerprint density at radius 3 is 2.25 bits per heavy atom. The molecule has 168 valence electrons. The molecule has 0 aromatic heterocycles. The van der Waals surface area contributed by atoms with Crippen LogP contribution in [0, 0.1) is 5.82 Å². The van der Waals surface area contributed by atoms with Crippen molar-refractivity contribution < 1.29 is 22.3 Å². The van der Waals surface area contributed by atoms with Crippen molar-refractivity contribution in [1.82, 2.24) is 0 Å². The van der Waals surface area contributed by atoms with E-state index in [1.54, 1.807) is 48.5 Å². The average molecular weight is 457 g/mol. The lowest BCUT2D eigenvalue weighted by Crippen LogP contribution is -2.30. The van der Waals surface area contributed by atoms with Gasteiger partial charge in [-0.2, -0.15) is 0 Å². The van der Waals surface area contributed by atoms with Gasteiger partial charge in [0.2, 0.25) is 10.0 Å². The van der Waals surface area contributed by atoms with Gasteiger partial charge in [-0.1, -0.05) is 36.4 Å². The molecule has 0 radical (unpaired) electrons. The van der Waals surface area contributed by atoms with Gasteiger partial charge in [-0.25, -0.2) is 12.8 Å². The van der Waals surface area contributed by atoms with Crippen LogP contribution in [0.2, 0.25) is 0 Å². The monoisotopic (exact) mass is 456 g/mol. The van der Waals surface area contributed by atoms with Gasteiger partial charge in [0.25, 0.3) is 5.91 Å². The summed E-state index contributed by atoms with van der Waals surface area (Å²) >= 11 is 0. The van der Waals surface area contributed by atoms with Crippen LogP contribution >= 0.6 is 0 Å². The largest absolute Gasteiger partial charge is 0.489 e. The summed E-state index contributed by atoms with van der Waals surface area (Å²) in [7, 11) is -3.72. The number of benzene rings is 3. The number of nitrogens with one attached hydrogen (secondary N) is 1. The second kappa shape index (κ2) is 9.82. The number of hydrogen-bond donors (Lipinski definition) is 1. The molecule has 3 aromatic rings. The molecule has 0 saturated heterocycles. The van der Waals surface area contributed by atoms with Crippen molar-refractivity contribution >= 4 is 27.3 Å². The molecule has 0 spiro atoms. The summed E-state index contributed by atoms with van der Waals surface area (Å²) in [4.78, 5) is 12.7. The zero-order valence-electron chi connectivity index (χ0n) is 18.1. The molecule has 0 saturated carbocycles. The molecule has 0 fully saturated rings. The van der Waals surface area contributed by atoms with E-state index in [2.05, 4.69) is 5.32 Å². The highest BCUT2D eigenvalue weighted by Gasteiger charge is 2.21. The number of sulfonamides is 1. The van der Waals surface area contributed by atoms with Crippen LogP contribution in [0.25, 0.3) is 0 Å². The lowest BCUT2D eigenvalue weighted by atomic mass is 10.1. The lowest BCUT2D eigenvalue weighted by Gasteiger charge is -2.23. The van der Waals surface area contributed by atoms with E-state index >= 15 is 0 Å². The summed E-state index contributed by atoms with van der Waals surface area (Å²) in [5.41, 5.74) is 1.53. The van der Waals surface area contributed by atoms with Crippen molar-refractivity contribution in [2.45, 2.75) is 26.5 Å². The van der Waals surface area contributed by atoms with Crippen LogP contribution in [0.3, 0.4) is 0 Å². The van der Waals surface area contributed by atoms with Crippen molar-refractivity contribution in [3.05, 3.63) is 89.7 Å². The van der Waals surface area contributed by atoms with Crippen molar-refractivity contribution in [3.8, 4) is 5.75 Å². The van der Waals surface area contributed by atoms with E-state index in [1.165, 1.54) is 18.2 Å². The van der Waals surface area contributed by atoms with E-state index in [4.69, 9.17) is 4.74 Å². The lowest BCUT2D eigenvalue weighted by molar-refractivity contribution is 0.102. The molecule has 0 aliphatic carbocycles. The van der Waals surface area contributed by atoms with Gasteiger partial charge in [0.15, 0.2) is 0 Å². The summed E-state index contributed by atoms with van der Waals surface area (Å²) in [5.74, 6) is -0.386. The van der Waals surface area contributed by atoms with Crippen LogP contribution in [-0.2, 0) is 16.6 Å². The Bertz CT molecular complexity index is 1190. The number of halogens is 1. The van der Waals surface area contributed by atoms with E-state index in [0.717, 1.165) is 10.6 Å². The molecular weight excluding hydrogens is 431 g/mol. The standard InChI is InChI=1S/C24H25FN2O4S/c1-17(2)31-23-11-7-5-9-21(23)26-24(28)19-14-12-18(13-15-19)16-27(32(3,29)30)22-10-6-4-8-20(22)25/h4-15,17H,16H2,1-3H3,(H,26,28). The summed E-state index contributed by atoms with van der Waals surface area (Å²) in [5, 5.41) is 2.83. The van der Waals surface area contributed by atoms with Gasteiger partial charge >= 0.3 is 0 Å². The summed E-state index contributed by atoms with van der Waals surface area (Å²) in [6.07, 6.45) is 0.984. The number of carbonyl (C=O) groups is 1. The molecule has 1 N–H and O–H groups in total. The van der Waals surface area contributed by atoms with Crippen molar-refractivity contribution in [3.63, 3.8) is 0 Å². The number of rotatable bonds is 8. The number of hydrogen-bond acceptors (Lipinski definition) is 4. The Morgan fingerprint density at radius 2 is 1.62 bits per heavy atom. The molecule has 3 rings (SSSR count). The molecule has 0 bridgehead atoms. The normalized spacial score (nSPS) is 11.3. The maximum absolute atomic E-state index is 14.2. The summed E-state index contributed by atoms with van der Waals surface area (Å²) < 4.78 is 45.4. The highest BCUT2D eigenvalue weighted by atomic mass is 32.2. The average Bonchev–Trinajstić information content (AvgIpc) is 2.73. The first-order valence-electron chi connectivity index (χ1n) is 10.0. The van der Waals surface area contributed by atoms with E-state index in [1.807, 2.05) is 19.9 Å². The number of anilines is 2. The molecule has 8 heteroatoms. The van der Waals surface area contributed by atoms with Gasteiger partial charge in [-0.05, 0) is 55.8 Å². The Labute approximate surface area is 187 Å². The van der Waals surface area contributed by atoms with Gasteiger partial charge < -0.3 is 10.1 Å². The number of amides is 1. The van der Waals surface area contributed by atoms with Crippen LogP contribution in [0.15, 0.2) is 72.8 Å². The second-order valence-electron chi connectivity index (χ2n) is 7.53. The molecule has 1 amide bonds. The predicted octanol–water partition coefficient (Wildman–Crippen LogP) is 4.83. The number of carbonyl (C=O) groups excluding carboxylic acids is 1. The highest BCUT2D eigenvalue weighted by molar-refractivity contribution is 7.92. The van der Waals surface area contributed by atoms with Crippen LogP contribution in [0.1, 0.15) is 29.8 Å². The van der Waals surface area contributed by atoms with Gasteiger partial charge in [0.05, 0.1) is 30.3 Å². The van der Waals surface area contributed by atoms with Gasteiger partial charge in [-0.15, -0.1) is 0 Å². The molecular formula is C24H25FN2O4S. The maximum Gasteiger partial charge on any atom is 0.255 e. The minimum atomic E-state index is -3.72. The number of ether oxygens (including phenoxy) is 1. The third-order valence-corrected chi connectivity index (χ3v) is 5.69. The SMILES string of the molecule is CC(C)Oc1ccccc1NC(=O)c1ccc(CN(c2ccccc2F)S(C)(=O)=O)cc1. The minimum Gasteiger partial charge on any atom is -0.489 e. The Kier molecular flexibility index (Phi) is 7.15. The molecule has 6 nitrogen and oxygen atoms in total.